The maximum atomic E-state index is 12.2. The number of benzene rings is 2. The first kappa shape index (κ1) is 21.0. The van der Waals surface area contributed by atoms with Gasteiger partial charge in [-0.1, -0.05) is 31.2 Å². The van der Waals surface area contributed by atoms with Crippen LogP contribution in [0.15, 0.2) is 48.5 Å². The third-order valence-corrected chi connectivity index (χ3v) is 4.12. The number of methoxy groups -OCH3 is 2. The van der Waals surface area contributed by atoms with Crippen LogP contribution in [0.1, 0.15) is 25.0 Å². The van der Waals surface area contributed by atoms with E-state index in [1.807, 2.05) is 24.3 Å². The molecule has 1 amide bonds. The maximum absolute atomic E-state index is 12.2. The number of hydrogen-bond acceptors (Lipinski definition) is 5. The summed E-state index contributed by atoms with van der Waals surface area (Å²) in [5, 5.41) is 2.73. The van der Waals surface area contributed by atoms with Crippen LogP contribution in [-0.4, -0.2) is 32.2 Å². The summed E-state index contributed by atoms with van der Waals surface area (Å²) in [6, 6.07) is 12.8. The minimum absolute atomic E-state index is 0.398. The Labute approximate surface area is 165 Å². The van der Waals surface area contributed by atoms with Crippen LogP contribution in [-0.2, 0) is 20.7 Å². The molecule has 6 heteroatoms. The fourth-order valence-corrected chi connectivity index (χ4v) is 2.54. The highest BCUT2D eigenvalue weighted by Crippen LogP contribution is 2.31. The van der Waals surface area contributed by atoms with Gasteiger partial charge in [0.05, 0.1) is 14.2 Å². The van der Waals surface area contributed by atoms with Gasteiger partial charge in [-0.05, 0) is 43.2 Å². The molecule has 0 saturated carbocycles. The van der Waals surface area contributed by atoms with Gasteiger partial charge in [0.1, 0.15) is 0 Å². The molecule has 0 heterocycles. The van der Waals surface area contributed by atoms with E-state index in [4.69, 9.17) is 14.2 Å². The second kappa shape index (κ2) is 10.2. The molecule has 0 aliphatic carbocycles. The molecule has 28 heavy (non-hydrogen) atoms. The molecule has 2 aromatic carbocycles. The first-order valence-electron chi connectivity index (χ1n) is 8.98. The first-order chi connectivity index (χ1) is 13.5. The molecule has 0 radical (unpaired) electrons. The predicted octanol–water partition coefficient (Wildman–Crippen LogP) is 3.85. The molecule has 1 atom stereocenters. The molecule has 0 unspecified atom stereocenters. The highest BCUT2D eigenvalue weighted by atomic mass is 16.5. The van der Waals surface area contributed by atoms with Gasteiger partial charge in [0.2, 0.25) is 0 Å². The van der Waals surface area contributed by atoms with Crippen molar-refractivity contribution in [2.24, 2.45) is 0 Å². The Morgan fingerprint density at radius 1 is 1.07 bits per heavy atom. The highest BCUT2D eigenvalue weighted by molar-refractivity contribution is 5.96. The molecule has 148 valence electrons. The number of hydrogen-bond donors (Lipinski definition) is 1. The third kappa shape index (κ3) is 5.61. The van der Waals surface area contributed by atoms with Crippen LogP contribution in [0.5, 0.6) is 11.5 Å². The lowest BCUT2D eigenvalue weighted by molar-refractivity contribution is -0.148. The lowest BCUT2D eigenvalue weighted by atomic mass is 10.1. The van der Waals surface area contributed by atoms with Crippen molar-refractivity contribution in [2.45, 2.75) is 26.4 Å². The van der Waals surface area contributed by atoms with Crippen LogP contribution in [0.4, 0.5) is 5.69 Å². The molecular formula is C22H25NO5. The zero-order valence-corrected chi connectivity index (χ0v) is 16.5. The minimum atomic E-state index is -0.935. The van der Waals surface area contributed by atoms with Crippen molar-refractivity contribution in [3.05, 3.63) is 59.7 Å². The second-order valence-corrected chi connectivity index (χ2v) is 6.03. The quantitative estimate of drug-likeness (QED) is 0.554. The predicted molar refractivity (Wildman–Crippen MR) is 109 cm³/mol. The van der Waals surface area contributed by atoms with Gasteiger partial charge in [0.15, 0.2) is 17.6 Å². The summed E-state index contributed by atoms with van der Waals surface area (Å²) >= 11 is 0. The van der Waals surface area contributed by atoms with Crippen LogP contribution in [0.25, 0.3) is 6.08 Å². The highest BCUT2D eigenvalue weighted by Gasteiger charge is 2.17. The summed E-state index contributed by atoms with van der Waals surface area (Å²) in [6.07, 6.45) is 2.79. The third-order valence-electron chi connectivity index (χ3n) is 4.12. The fraction of sp³-hybridized carbons (Fsp3) is 0.273. The van der Waals surface area contributed by atoms with Gasteiger partial charge in [-0.25, -0.2) is 4.79 Å². The Morgan fingerprint density at radius 3 is 2.39 bits per heavy atom. The number of carbonyl (C=O) groups is 2. The lowest BCUT2D eigenvalue weighted by Crippen LogP contribution is -2.29. The Morgan fingerprint density at radius 2 is 1.79 bits per heavy atom. The van der Waals surface area contributed by atoms with E-state index in [0.29, 0.717) is 22.7 Å². The zero-order valence-electron chi connectivity index (χ0n) is 16.5. The van der Waals surface area contributed by atoms with E-state index in [9.17, 15) is 9.59 Å². The molecule has 0 aliphatic heterocycles. The number of esters is 1. The zero-order chi connectivity index (χ0) is 20.5. The first-order valence-corrected chi connectivity index (χ1v) is 8.98. The van der Waals surface area contributed by atoms with Crippen LogP contribution < -0.4 is 14.8 Å². The number of para-hydroxylation sites is 1. The minimum Gasteiger partial charge on any atom is -0.493 e. The number of amides is 1. The molecule has 0 aliphatic rings. The van der Waals surface area contributed by atoms with Crippen molar-refractivity contribution in [2.75, 3.05) is 19.5 Å². The average Bonchev–Trinajstić information content (AvgIpc) is 2.72. The van der Waals surface area contributed by atoms with Crippen LogP contribution in [0, 0.1) is 0 Å². The van der Waals surface area contributed by atoms with Gasteiger partial charge < -0.3 is 19.5 Å². The van der Waals surface area contributed by atoms with Gasteiger partial charge >= 0.3 is 5.97 Å². The summed E-state index contributed by atoms with van der Waals surface area (Å²) in [4.78, 5) is 24.3. The Hall–Kier alpha value is -3.28. The molecule has 6 nitrogen and oxygen atoms in total. The van der Waals surface area contributed by atoms with Crippen LogP contribution in [0.2, 0.25) is 0 Å². The second-order valence-electron chi connectivity index (χ2n) is 6.03. The molecule has 2 rings (SSSR count). The summed E-state index contributed by atoms with van der Waals surface area (Å²) < 4.78 is 15.7. The normalized spacial score (nSPS) is 11.7. The van der Waals surface area contributed by atoms with Crippen molar-refractivity contribution < 1.29 is 23.8 Å². The van der Waals surface area contributed by atoms with E-state index < -0.39 is 18.0 Å². The van der Waals surface area contributed by atoms with E-state index in [0.717, 1.165) is 6.42 Å². The van der Waals surface area contributed by atoms with Gasteiger partial charge in [0, 0.05) is 17.3 Å². The molecule has 0 aromatic heterocycles. The lowest BCUT2D eigenvalue weighted by Gasteiger charge is -2.13. The maximum Gasteiger partial charge on any atom is 0.331 e. The largest absolute Gasteiger partial charge is 0.493 e. The van der Waals surface area contributed by atoms with E-state index in [-0.39, 0.29) is 0 Å². The van der Waals surface area contributed by atoms with Gasteiger partial charge in [-0.3, -0.25) is 4.79 Å². The van der Waals surface area contributed by atoms with Gasteiger partial charge in [0.25, 0.3) is 5.91 Å². The average molecular weight is 383 g/mol. The molecule has 2 aromatic rings. The Balaban J connectivity index is 1.96. The fourth-order valence-electron chi connectivity index (χ4n) is 2.54. The number of nitrogens with one attached hydrogen (secondary N) is 1. The number of anilines is 1. The van der Waals surface area contributed by atoms with Crippen LogP contribution >= 0.6 is 0 Å². The van der Waals surface area contributed by atoms with E-state index in [1.165, 1.54) is 32.8 Å². The van der Waals surface area contributed by atoms with E-state index in [1.54, 1.807) is 24.3 Å². The monoisotopic (exact) mass is 383 g/mol. The van der Waals surface area contributed by atoms with E-state index in [2.05, 4.69) is 12.2 Å². The number of ether oxygens (including phenoxy) is 3. The topological polar surface area (TPSA) is 73.9 Å². The molecular weight excluding hydrogens is 358 g/mol. The van der Waals surface area contributed by atoms with Crippen molar-refractivity contribution in [1.82, 2.24) is 0 Å². The van der Waals surface area contributed by atoms with Crippen molar-refractivity contribution in [3.63, 3.8) is 0 Å². The Bertz CT molecular complexity index is 843. The molecule has 0 fully saturated rings. The number of carbonyl (C=O) groups excluding carboxylic acids is 2. The number of rotatable bonds is 8. The summed E-state index contributed by atoms with van der Waals surface area (Å²) in [6.45, 7) is 3.58. The summed E-state index contributed by atoms with van der Waals surface area (Å²) in [5.41, 5.74) is 2.49. The van der Waals surface area contributed by atoms with Crippen molar-refractivity contribution in [3.8, 4) is 11.5 Å². The Kier molecular flexibility index (Phi) is 7.63. The molecule has 0 bridgehead atoms. The van der Waals surface area contributed by atoms with Gasteiger partial charge in [-0.15, -0.1) is 0 Å². The standard InChI is InChI=1S/C22H25NO5/c1-5-16-9-12-18(13-10-16)23-22(25)15(2)28-20(24)14-11-17-7-6-8-19(26-3)21(17)27-4/h6-15H,5H2,1-4H3,(H,23,25)/b14-11+/t15-/m0/s1. The van der Waals surface area contributed by atoms with Crippen LogP contribution in [0.3, 0.4) is 0 Å². The van der Waals surface area contributed by atoms with Crippen molar-refractivity contribution in [1.29, 1.82) is 0 Å². The van der Waals surface area contributed by atoms with Gasteiger partial charge in [-0.2, -0.15) is 0 Å². The summed E-state index contributed by atoms with van der Waals surface area (Å²) in [7, 11) is 3.06. The smallest absolute Gasteiger partial charge is 0.331 e. The molecule has 1 N–H and O–H groups in total. The summed E-state index contributed by atoms with van der Waals surface area (Å²) in [5.74, 6) is 0.0361. The number of aryl methyl sites for hydroxylation is 1. The SMILES string of the molecule is CCc1ccc(NC(=O)[C@H](C)OC(=O)/C=C/c2cccc(OC)c2OC)cc1. The van der Waals surface area contributed by atoms with E-state index >= 15 is 0 Å². The van der Waals surface area contributed by atoms with Crippen molar-refractivity contribution >= 4 is 23.6 Å². The molecule has 0 saturated heterocycles. The molecule has 0 spiro atoms.